The third-order valence-electron chi connectivity index (χ3n) is 9.92. The molecule has 0 saturated carbocycles. The largest absolute Gasteiger partial charge is 0.435 e. The highest BCUT2D eigenvalue weighted by Crippen LogP contribution is 2.41. The summed E-state index contributed by atoms with van der Waals surface area (Å²) in [6.45, 7) is 0. The molecule has 0 fully saturated rings. The van der Waals surface area contributed by atoms with E-state index in [1.54, 1.807) is 0 Å². The summed E-state index contributed by atoms with van der Waals surface area (Å²) in [5.74, 6) is 2.15. The van der Waals surface area contributed by atoms with Crippen LogP contribution in [0.15, 0.2) is 168 Å². The summed E-state index contributed by atoms with van der Waals surface area (Å²) in [6, 6.07) is 56.4. The van der Waals surface area contributed by atoms with Crippen molar-refractivity contribution in [3.63, 3.8) is 0 Å². The Morgan fingerprint density at radius 3 is 1.91 bits per heavy atom. The van der Waals surface area contributed by atoms with Crippen molar-refractivity contribution < 1.29 is 4.42 Å². The highest BCUT2D eigenvalue weighted by atomic mass is 32.1. The molecule has 0 bridgehead atoms. The van der Waals surface area contributed by atoms with Crippen LogP contribution < -0.4 is 0 Å². The molecule has 0 N–H and O–H groups in total. The fraction of sp³-hybridized carbons (Fsp3) is 0. The van der Waals surface area contributed by atoms with Gasteiger partial charge in [0.2, 0.25) is 11.8 Å². The van der Waals surface area contributed by atoms with Crippen molar-refractivity contribution in [1.29, 1.82) is 0 Å². The summed E-state index contributed by atoms with van der Waals surface area (Å²) in [5.41, 5.74) is 8.23. The zero-order valence-electron chi connectivity index (χ0n) is 28.1. The average Bonchev–Trinajstić information content (AvgIpc) is 3.93. The molecular weight excluding hydrogens is 671 g/mol. The Morgan fingerprint density at radius 2 is 1.08 bits per heavy atom. The number of hydrogen-bond donors (Lipinski definition) is 0. The Labute approximate surface area is 307 Å². The van der Waals surface area contributed by atoms with Crippen LogP contribution in [0.2, 0.25) is 0 Å². The molecule has 0 atom stereocenters. The maximum Gasteiger partial charge on any atom is 0.238 e. The predicted molar refractivity (Wildman–Crippen MR) is 216 cm³/mol. The summed E-state index contributed by atoms with van der Waals surface area (Å²) in [7, 11) is 0. The first-order chi connectivity index (χ1) is 26.3. The lowest BCUT2D eigenvalue weighted by Crippen LogP contribution is -2.06. The molecule has 7 heteroatoms. The van der Waals surface area contributed by atoms with E-state index in [4.69, 9.17) is 24.4 Å². The second-order valence-electron chi connectivity index (χ2n) is 13.1. The molecule has 0 spiro atoms. The van der Waals surface area contributed by atoms with Crippen molar-refractivity contribution in [2.75, 3.05) is 0 Å². The van der Waals surface area contributed by atoms with Crippen LogP contribution in [0.5, 0.6) is 0 Å². The van der Waals surface area contributed by atoms with Gasteiger partial charge >= 0.3 is 0 Å². The number of thiophene rings is 1. The van der Waals surface area contributed by atoms with E-state index in [2.05, 4.69) is 120 Å². The van der Waals surface area contributed by atoms with Gasteiger partial charge in [0, 0.05) is 42.1 Å². The summed E-state index contributed by atoms with van der Waals surface area (Å²) in [5, 5.41) is 4.81. The number of oxazole rings is 1. The molecule has 4 heterocycles. The lowest BCUT2D eigenvalue weighted by atomic mass is 10.0. The molecule has 6 nitrogen and oxygen atoms in total. The molecule has 0 aliphatic carbocycles. The molecule has 11 aromatic rings. The first kappa shape index (κ1) is 29.7. The van der Waals surface area contributed by atoms with Gasteiger partial charge in [0.25, 0.3) is 0 Å². The molecular formula is C46H27N5OS. The van der Waals surface area contributed by atoms with E-state index in [0.29, 0.717) is 29.1 Å². The number of nitrogens with zero attached hydrogens (tertiary/aromatic N) is 5. The minimum absolute atomic E-state index is 0.505. The average molecular weight is 698 g/mol. The quantitative estimate of drug-likeness (QED) is 0.179. The van der Waals surface area contributed by atoms with E-state index in [1.165, 1.54) is 25.7 Å². The molecule has 11 rings (SSSR count). The second kappa shape index (κ2) is 11.8. The number of benzene rings is 7. The highest BCUT2D eigenvalue weighted by Gasteiger charge is 2.21. The third kappa shape index (κ3) is 4.79. The van der Waals surface area contributed by atoms with Crippen molar-refractivity contribution in [3.05, 3.63) is 164 Å². The van der Waals surface area contributed by atoms with Crippen LogP contribution >= 0.6 is 11.3 Å². The Morgan fingerprint density at radius 1 is 0.453 bits per heavy atom. The zero-order valence-corrected chi connectivity index (χ0v) is 29.0. The van der Waals surface area contributed by atoms with Crippen molar-refractivity contribution in [2.45, 2.75) is 0 Å². The normalized spacial score (nSPS) is 11.8. The summed E-state index contributed by atoms with van der Waals surface area (Å²) >= 11 is 1.83. The minimum atomic E-state index is 0.505. The molecule has 0 radical (unpaired) electrons. The van der Waals surface area contributed by atoms with Gasteiger partial charge < -0.3 is 4.42 Å². The van der Waals surface area contributed by atoms with Gasteiger partial charge in [-0.1, -0.05) is 115 Å². The molecule has 4 aromatic heterocycles. The number of fused-ring (bicyclic) bond motifs is 7. The van der Waals surface area contributed by atoms with Gasteiger partial charge in [-0.25, -0.2) is 9.97 Å². The van der Waals surface area contributed by atoms with Crippen molar-refractivity contribution >= 4 is 64.4 Å². The SMILES string of the molecule is c1ccc(-c2nc3cccc(-c4nc(-c5cccc(-c6cccc7c6sc6ccccc67)c5)nc(-n5c6ccccc6c6ccccc65)n4)c3o2)cc1. The lowest BCUT2D eigenvalue weighted by Gasteiger charge is -2.12. The molecule has 0 saturated heterocycles. The van der Waals surface area contributed by atoms with Gasteiger partial charge in [-0.15, -0.1) is 11.3 Å². The van der Waals surface area contributed by atoms with Crippen LogP contribution in [0.3, 0.4) is 0 Å². The fourth-order valence-corrected chi connectivity index (χ4v) is 8.72. The van der Waals surface area contributed by atoms with Crippen LogP contribution in [0.25, 0.3) is 104 Å². The molecule has 53 heavy (non-hydrogen) atoms. The van der Waals surface area contributed by atoms with Crippen LogP contribution in [0.4, 0.5) is 0 Å². The Kier molecular flexibility index (Phi) is 6.62. The molecule has 7 aromatic carbocycles. The Hall–Kier alpha value is -6.96. The van der Waals surface area contributed by atoms with Gasteiger partial charge in [0.15, 0.2) is 17.2 Å². The van der Waals surface area contributed by atoms with E-state index in [-0.39, 0.29) is 0 Å². The fourth-order valence-electron chi connectivity index (χ4n) is 7.48. The first-order valence-corrected chi connectivity index (χ1v) is 18.3. The first-order valence-electron chi connectivity index (χ1n) is 17.5. The number of hydrogen-bond acceptors (Lipinski definition) is 6. The second-order valence-corrected chi connectivity index (χ2v) is 14.1. The molecule has 0 aliphatic rings. The highest BCUT2D eigenvalue weighted by molar-refractivity contribution is 7.26. The minimum Gasteiger partial charge on any atom is -0.435 e. The summed E-state index contributed by atoms with van der Waals surface area (Å²) in [4.78, 5) is 20.5. The Bertz CT molecular complexity index is 3140. The van der Waals surface area contributed by atoms with Crippen molar-refractivity contribution in [2.24, 2.45) is 0 Å². The standard InChI is InChI=1S/C46H27N5OS/c1-2-13-28(14-3-1)45-47-37-23-12-22-36(41(37)52-45)44-48-43(49-46(50-44)51-38-24-7-4-17-32(38)33-18-5-8-25-39(33)51)30-16-10-15-29(27-30)31-20-11-21-35-34-19-6-9-26-40(34)53-42(31)35/h1-27H. The third-order valence-corrected chi connectivity index (χ3v) is 11.1. The molecule has 0 aliphatic heterocycles. The number of rotatable bonds is 5. The molecule has 248 valence electrons. The van der Waals surface area contributed by atoms with Gasteiger partial charge in [-0.3, -0.25) is 4.57 Å². The van der Waals surface area contributed by atoms with Gasteiger partial charge in [-0.2, -0.15) is 9.97 Å². The topological polar surface area (TPSA) is 69.6 Å². The van der Waals surface area contributed by atoms with Crippen molar-refractivity contribution in [3.8, 4) is 51.3 Å². The smallest absolute Gasteiger partial charge is 0.238 e. The van der Waals surface area contributed by atoms with Crippen LogP contribution in [0.1, 0.15) is 0 Å². The van der Waals surface area contributed by atoms with E-state index < -0.39 is 0 Å². The van der Waals surface area contributed by atoms with Crippen LogP contribution in [-0.2, 0) is 0 Å². The maximum absolute atomic E-state index is 6.48. The summed E-state index contributed by atoms with van der Waals surface area (Å²) < 4.78 is 11.2. The van der Waals surface area contributed by atoms with Crippen LogP contribution in [0, 0.1) is 0 Å². The Balaban J connectivity index is 1.15. The maximum atomic E-state index is 6.48. The zero-order chi connectivity index (χ0) is 34.9. The number of para-hydroxylation sites is 3. The van der Waals surface area contributed by atoms with E-state index >= 15 is 0 Å². The van der Waals surface area contributed by atoms with Crippen molar-refractivity contribution in [1.82, 2.24) is 24.5 Å². The van der Waals surface area contributed by atoms with E-state index in [9.17, 15) is 0 Å². The van der Waals surface area contributed by atoms with Gasteiger partial charge in [-0.05, 0) is 59.7 Å². The van der Waals surface area contributed by atoms with Crippen LogP contribution in [-0.4, -0.2) is 24.5 Å². The van der Waals surface area contributed by atoms with Gasteiger partial charge in [0.1, 0.15) is 5.52 Å². The van der Waals surface area contributed by atoms with E-state index in [0.717, 1.165) is 49.6 Å². The lowest BCUT2D eigenvalue weighted by molar-refractivity contribution is 0.620. The van der Waals surface area contributed by atoms with E-state index in [1.807, 2.05) is 59.9 Å². The molecule has 0 amide bonds. The number of aromatic nitrogens is 5. The predicted octanol–water partition coefficient (Wildman–Crippen LogP) is 12.1. The summed E-state index contributed by atoms with van der Waals surface area (Å²) in [6.07, 6.45) is 0. The molecule has 0 unspecified atom stereocenters. The van der Waals surface area contributed by atoms with Gasteiger partial charge in [0.05, 0.1) is 16.6 Å². The monoisotopic (exact) mass is 697 g/mol.